The zero-order chi connectivity index (χ0) is 15.9. The molecule has 2 N–H and O–H groups in total. The molecule has 3 nitrogen and oxygen atoms in total. The lowest BCUT2D eigenvalue weighted by molar-refractivity contribution is 0.481. The van der Waals surface area contributed by atoms with Crippen LogP contribution in [0.15, 0.2) is 79.1 Å². The number of nitrogens with two attached hydrogens (primary N) is 1. The Kier molecular flexibility index (Phi) is 5.02. The van der Waals surface area contributed by atoms with Gasteiger partial charge in [-0.15, -0.1) is 0 Å². The molecule has 0 saturated carbocycles. The van der Waals surface area contributed by atoms with Crippen LogP contribution in [-0.4, -0.2) is 11.5 Å². The molecule has 0 aliphatic carbocycles. The number of nitrogens with zero attached hydrogens (tertiary/aromatic N) is 1. The van der Waals surface area contributed by atoms with Crippen molar-refractivity contribution in [1.29, 1.82) is 0 Å². The maximum absolute atomic E-state index is 6.00. The zero-order valence-electron chi connectivity index (χ0n) is 12.9. The van der Waals surface area contributed by atoms with Crippen LogP contribution in [-0.2, 0) is 6.42 Å². The van der Waals surface area contributed by atoms with E-state index in [9.17, 15) is 0 Å². The van der Waals surface area contributed by atoms with E-state index in [1.807, 2.05) is 67.0 Å². The van der Waals surface area contributed by atoms with Gasteiger partial charge in [-0.1, -0.05) is 30.3 Å². The summed E-state index contributed by atoms with van der Waals surface area (Å²) < 4.78 is 5.91. The summed E-state index contributed by atoms with van der Waals surface area (Å²) in [6.45, 7) is 0.594. The van der Waals surface area contributed by atoms with Crippen molar-refractivity contribution in [1.82, 2.24) is 4.98 Å². The topological polar surface area (TPSA) is 48.1 Å². The Morgan fingerprint density at radius 1 is 0.870 bits per heavy atom. The van der Waals surface area contributed by atoms with E-state index in [0.717, 1.165) is 17.9 Å². The molecule has 0 spiro atoms. The number of ether oxygens (including phenoxy) is 1. The van der Waals surface area contributed by atoms with Gasteiger partial charge in [0.15, 0.2) is 0 Å². The summed E-state index contributed by atoms with van der Waals surface area (Å²) in [6.07, 6.45) is 4.53. The molecule has 0 bridgehead atoms. The highest BCUT2D eigenvalue weighted by Gasteiger charge is 2.12. The molecule has 0 aliphatic heterocycles. The van der Waals surface area contributed by atoms with Gasteiger partial charge < -0.3 is 10.5 Å². The van der Waals surface area contributed by atoms with E-state index in [4.69, 9.17) is 10.5 Å². The molecule has 1 unspecified atom stereocenters. The van der Waals surface area contributed by atoms with Crippen LogP contribution in [0.5, 0.6) is 11.5 Å². The number of hydrogen-bond acceptors (Lipinski definition) is 3. The van der Waals surface area contributed by atoms with Gasteiger partial charge in [0.25, 0.3) is 0 Å². The van der Waals surface area contributed by atoms with Crippen molar-refractivity contribution in [2.24, 2.45) is 5.73 Å². The normalized spacial score (nSPS) is 11.9. The minimum atomic E-state index is 0.261. The van der Waals surface area contributed by atoms with Crippen LogP contribution >= 0.6 is 0 Å². The first-order valence-corrected chi connectivity index (χ1v) is 7.77. The first kappa shape index (κ1) is 15.3. The number of pyridine rings is 1. The zero-order valence-corrected chi connectivity index (χ0v) is 12.9. The maximum atomic E-state index is 6.00. The van der Waals surface area contributed by atoms with Crippen LogP contribution in [0.2, 0.25) is 0 Å². The van der Waals surface area contributed by atoms with Gasteiger partial charge in [-0.05, 0) is 60.5 Å². The predicted molar refractivity (Wildman–Crippen MR) is 92.7 cm³/mol. The van der Waals surface area contributed by atoms with Crippen molar-refractivity contribution in [2.75, 3.05) is 6.54 Å². The molecular weight excluding hydrogens is 284 g/mol. The van der Waals surface area contributed by atoms with E-state index in [1.54, 1.807) is 0 Å². The third-order valence-electron chi connectivity index (χ3n) is 3.82. The average molecular weight is 304 g/mol. The highest BCUT2D eigenvalue weighted by atomic mass is 16.5. The van der Waals surface area contributed by atoms with Gasteiger partial charge in [-0.25, -0.2) is 0 Å². The minimum Gasteiger partial charge on any atom is -0.457 e. The van der Waals surface area contributed by atoms with Crippen molar-refractivity contribution >= 4 is 0 Å². The molecule has 1 aromatic heterocycles. The van der Waals surface area contributed by atoms with E-state index >= 15 is 0 Å². The molecule has 0 fully saturated rings. The Bertz CT molecular complexity index is 729. The number of hydrogen-bond donors (Lipinski definition) is 1. The molecule has 3 aromatic rings. The summed E-state index contributed by atoms with van der Waals surface area (Å²) in [5.74, 6) is 1.93. The smallest absolute Gasteiger partial charge is 0.127 e. The van der Waals surface area contributed by atoms with Gasteiger partial charge in [0.2, 0.25) is 0 Å². The SMILES string of the molecule is NCC(Cc1ccncc1)c1cccc(Oc2ccccc2)c1. The summed E-state index contributed by atoms with van der Waals surface area (Å²) in [5.41, 5.74) is 8.43. The number of aromatic nitrogens is 1. The lowest BCUT2D eigenvalue weighted by Crippen LogP contribution is -2.15. The second-order valence-electron chi connectivity index (χ2n) is 5.48. The Morgan fingerprint density at radius 3 is 2.35 bits per heavy atom. The summed E-state index contributed by atoms with van der Waals surface area (Å²) in [4.78, 5) is 4.06. The lowest BCUT2D eigenvalue weighted by Gasteiger charge is -2.16. The van der Waals surface area contributed by atoms with E-state index in [2.05, 4.69) is 17.1 Å². The highest BCUT2D eigenvalue weighted by molar-refractivity contribution is 5.36. The van der Waals surface area contributed by atoms with Gasteiger partial charge >= 0.3 is 0 Å². The van der Waals surface area contributed by atoms with Crippen molar-refractivity contribution in [2.45, 2.75) is 12.3 Å². The standard InChI is InChI=1S/C20H20N2O/c21-15-18(13-16-9-11-22-12-10-16)17-5-4-8-20(14-17)23-19-6-2-1-3-7-19/h1-12,14,18H,13,15,21H2. The Hall–Kier alpha value is -2.65. The number of para-hydroxylation sites is 1. The fraction of sp³-hybridized carbons (Fsp3) is 0.150. The van der Waals surface area contributed by atoms with E-state index in [-0.39, 0.29) is 5.92 Å². The van der Waals surface area contributed by atoms with Crippen molar-refractivity contribution in [3.8, 4) is 11.5 Å². The lowest BCUT2D eigenvalue weighted by atomic mass is 9.92. The van der Waals surface area contributed by atoms with Crippen LogP contribution in [0.25, 0.3) is 0 Å². The highest BCUT2D eigenvalue weighted by Crippen LogP contribution is 2.26. The summed E-state index contributed by atoms with van der Waals surface area (Å²) >= 11 is 0. The third-order valence-corrected chi connectivity index (χ3v) is 3.82. The second kappa shape index (κ2) is 7.56. The third kappa shape index (κ3) is 4.18. The maximum Gasteiger partial charge on any atom is 0.127 e. The Labute approximate surface area is 136 Å². The predicted octanol–water partition coefficient (Wildman–Crippen LogP) is 4.16. The van der Waals surface area contributed by atoms with Crippen LogP contribution < -0.4 is 10.5 Å². The quantitative estimate of drug-likeness (QED) is 0.744. The Balaban J connectivity index is 1.77. The van der Waals surface area contributed by atoms with Gasteiger partial charge in [0.1, 0.15) is 11.5 Å². The van der Waals surface area contributed by atoms with Crippen LogP contribution in [0, 0.1) is 0 Å². The van der Waals surface area contributed by atoms with Gasteiger partial charge in [-0.2, -0.15) is 0 Å². The first-order valence-electron chi connectivity index (χ1n) is 7.77. The summed E-state index contributed by atoms with van der Waals surface area (Å²) in [5, 5.41) is 0. The van der Waals surface area contributed by atoms with Crippen molar-refractivity contribution in [3.05, 3.63) is 90.3 Å². The van der Waals surface area contributed by atoms with Crippen LogP contribution in [0.4, 0.5) is 0 Å². The molecule has 0 aliphatic rings. The Morgan fingerprint density at radius 2 is 1.61 bits per heavy atom. The molecule has 0 amide bonds. The summed E-state index contributed by atoms with van der Waals surface area (Å²) in [7, 11) is 0. The molecule has 0 radical (unpaired) electrons. The minimum absolute atomic E-state index is 0.261. The largest absolute Gasteiger partial charge is 0.457 e. The molecule has 2 aromatic carbocycles. The summed E-state index contributed by atoms with van der Waals surface area (Å²) in [6, 6.07) is 22.0. The van der Waals surface area contributed by atoms with E-state index in [1.165, 1.54) is 11.1 Å². The molecule has 0 saturated heterocycles. The molecule has 1 heterocycles. The number of benzene rings is 2. The van der Waals surface area contributed by atoms with Gasteiger partial charge in [-0.3, -0.25) is 4.98 Å². The van der Waals surface area contributed by atoms with E-state index < -0.39 is 0 Å². The van der Waals surface area contributed by atoms with Crippen molar-refractivity contribution < 1.29 is 4.74 Å². The van der Waals surface area contributed by atoms with Crippen LogP contribution in [0.3, 0.4) is 0 Å². The van der Waals surface area contributed by atoms with Crippen molar-refractivity contribution in [3.63, 3.8) is 0 Å². The average Bonchev–Trinajstić information content (AvgIpc) is 2.62. The first-order chi connectivity index (χ1) is 11.3. The monoisotopic (exact) mass is 304 g/mol. The van der Waals surface area contributed by atoms with Crippen LogP contribution in [0.1, 0.15) is 17.0 Å². The molecule has 23 heavy (non-hydrogen) atoms. The fourth-order valence-corrected chi connectivity index (χ4v) is 2.60. The molecule has 116 valence electrons. The fourth-order valence-electron chi connectivity index (χ4n) is 2.60. The second-order valence-corrected chi connectivity index (χ2v) is 5.48. The van der Waals surface area contributed by atoms with Gasteiger partial charge in [0, 0.05) is 18.3 Å². The molecule has 1 atom stereocenters. The molecule has 3 rings (SSSR count). The van der Waals surface area contributed by atoms with Gasteiger partial charge in [0.05, 0.1) is 0 Å². The van der Waals surface area contributed by atoms with E-state index in [0.29, 0.717) is 6.54 Å². The molecule has 3 heteroatoms. The molecular formula is C20H20N2O. The number of rotatable bonds is 6.